The molecule has 1 aromatic heterocycles. The van der Waals surface area contributed by atoms with Crippen molar-refractivity contribution < 1.29 is 18.4 Å². The highest BCUT2D eigenvalue weighted by molar-refractivity contribution is 6.05. The normalized spacial score (nSPS) is 17.0. The third kappa shape index (κ3) is 4.18. The van der Waals surface area contributed by atoms with Crippen molar-refractivity contribution in [1.29, 1.82) is 0 Å². The van der Waals surface area contributed by atoms with Gasteiger partial charge in [-0.2, -0.15) is 5.10 Å². The number of para-hydroxylation sites is 1. The van der Waals surface area contributed by atoms with Crippen LogP contribution in [0.4, 0.5) is 14.6 Å². The molecule has 0 bridgehead atoms. The summed E-state index contributed by atoms with van der Waals surface area (Å²) in [5.74, 6) is -2.18. The predicted octanol–water partition coefficient (Wildman–Crippen LogP) is 5.06. The van der Waals surface area contributed by atoms with Crippen LogP contribution in [0.25, 0.3) is 5.69 Å². The molecule has 2 atom stereocenters. The zero-order chi connectivity index (χ0) is 26.3. The lowest BCUT2D eigenvalue weighted by Crippen LogP contribution is -2.55. The first-order chi connectivity index (χ1) is 17.8. The number of likely N-dealkylation sites (N-methyl/N-ethyl adjacent to an activating group) is 1. The average Bonchev–Trinajstić information content (AvgIpc) is 3.24. The maximum atomic E-state index is 14.8. The van der Waals surface area contributed by atoms with Crippen molar-refractivity contribution in [1.82, 2.24) is 15.1 Å². The second-order valence-electron chi connectivity index (χ2n) is 9.07. The van der Waals surface area contributed by atoms with Crippen molar-refractivity contribution in [2.45, 2.75) is 32.7 Å². The smallest absolute Gasteiger partial charge is 0.254 e. The van der Waals surface area contributed by atoms with E-state index in [1.54, 1.807) is 40.8 Å². The van der Waals surface area contributed by atoms with Crippen LogP contribution in [-0.2, 0) is 4.79 Å². The summed E-state index contributed by atoms with van der Waals surface area (Å²) in [6, 6.07) is 18.8. The highest BCUT2D eigenvalue weighted by Crippen LogP contribution is 2.43. The van der Waals surface area contributed by atoms with Gasteiger partial charge in [-0.3, -0.25) is 14.5 Å². The van der Waals surface area contributed by atoms with E-state index in [-0.39, 0.29) is 11.5 Å². The standard InChI is InChI=1S/C29H26F2N4O2/c1-4-34-28-23(18(3)33-35(28)21-10-6-5-7-11-21)24(19-13-15-20(30)16-14-19)26(29(34)37)32-27(36)22-12-8-9-17(2)25(22)31/h5-16,24,26H,4H2,1-3H3,(H,32,36)/t24-,26-/m0/s1. The van der Waals surface area contributed by atoms with E-state index < -0.39 is 29.5 Å². The molecule has 1 N–H and O–H groups in total. The van der Waals surface area contributed by atoms with E-state index in [4.69, 9.17) is 5.10 Å². The minimum atomic E-state index is -1.06. The summed E-state index contributed by atoms with van der Waals surface area (Å²) in [7, 11) is 0. The number of amides is 2. The van der Waals surface area contributed by atoms with Crippen LogP contribution >= 0.6 is 0 Å². The number of anilines is 1. The van der Waals surface area contributed by atoms with Crippen LogP contribution in [-0.4, -0.2) is 34.2 Å². The molecule has 0 saturated heterocycles. The Bertz CT molecular complexity index is 1480. The van der Waals surface area contributed by atoms with Gasteiger partial charge in [-0.25, -0.2) is 13.5 Å². The van der Waals surface area contributed by atoms with Gasteiger partial charge < -0.3 is 5.32 Å². The summed E-state index contributed by atoms with van der Waals surface area (Å²) < 4.78 is 30.4. The summed E-state index contributed by atoms with van der Waals surface area (Å²) in [4.78, 5) is 28.8. The first-order valence-corrected chi connectivity index (χ1v) is 12.1. The highest BCUT2D eigenvalue weighted by Gasteiger charge is 2.45. The number of aromatic nitrogens is 2. The number of rotatable bonds is 5. The number of fused-ring (bicyclic) bond motifs is 1. The first kappa shape index (κ1) is 24.4. The number of carbonyl (C=O) groups excluding carboxylic acids is 2. The van der Waals surface area contributed by atoms with Crippen LogP contribution in [0, 0.1) is 25.5 Å². The van der Waals surface area contributed by atoms with E-state index >= 15 is 0 Å². The Morgan fingerprint density at radius 1 is 0.973 bits per heavy atom. The van der Waals surface area contributed by atoms with Gasteiger partial charge in [0.15, 0.2) is 0 Å². The van der Waals surface area contributed by atoms with Crippen molar-refractivity contribution in [3.8, 4) is 5.69 Å². The Kier molecular flexibility index (Phi) is 6.33. The molecule has 2 heterocycles. The second-order valence-corrected chi connectivity index (χ2v) is 9.07. The van der Waals surface area contributed by atoms with Crippen molar-refractivity contribution in [2.75, 3.05) is 11.4 Å². The molecule has 2 amide bonds. The monoisotopic (exact) mass is 500 g/mol. The Labute approximate surface area is 213 Å². The molecule has 5 rings (SSSR count). The van der Waals surface area contributed by atoms with Crippen LogP contribution in [0.2, 0.25) is 0 Å². The third-order valence-corrected chi connectivity index (χ3v) is 6.78. The molecule has 4 aromatic rings. The Balaban J connectivity index is 1.69. The van der Waals surface area contributed by atoms with Crippen LogP contribution < -0.4 is 10.2 Å². The van der Waals surface area contributed by atoms with E-state index in [1.807, 2.05) is 44.2 Å². The number of hydrogen-bond acceptors (Lipinski definition) is 3. The summed E-state index contributed by atoms with van der Waals surface area (Å²) in [5.41, 5.74) is 3.01. The maximum Gasteiger partial charge on any atom is 0.254 e. The second kappa shape index (κ2) is 9.61. The van der Waals surface area contributed by atoms with Crippen molar-refractivity contribution in [2.24, 2.45) is 0 Å². The van der Waals surface area contributed by atoms with Crippen molar-refractivity contribution >= 4 is 17.6 Å². The number of carbonyl (C=O) groups is 2. The predicted molar refractivity (Wildman–Crippen MR) is 137 cm³/mol. The van der Waals surface area contributed by atoms with Gasteiger partial charge in [0.25, 0.3) is 11.8 Å². The van der Waals surface area contributed by atoms with E-state index in [0.29, 0.717) is 29.2 Å². The molecule has 188 valence electrons. The lowest BCUT2D eigenvalue weighted by atomic mass is 9.81. The number of halogens is 2. The Hall–Kier alpha value is -4.33. The minimum absolute atomic E-state index is 0.142. The minimum Gasteiger partial charge on any atom is -0.339 e. The molecular weight excluding hydrogens is 474 g/mol. The van der Waals surface area contributed by atoms with Crippen molar-refractivity contribution in [3.05, 3.63) is 112 Å². The fraction of sp³-hybridized carbons (Fsp3) is 0.207. The Morgan fingerprint density at radius 2 is 1.68 bits per heavy atom. The van der Waals surface area contributed by atoms with Crippen LogP contribution in [0.5, 0.6) is 0 Å². The van der Waals surface area contributed by atoms with Gasteiger partial charge in [0.2, 0.25) is 0 Å². The zero-order valence-electron chi connectivity index (χ0n) is 20.7. The van der Waals surface area contributed by atoms with Gasteiger partial charge >= 0.3 is 0 Å². The van der Waals surface area contributed by atoms with E-state index in [0.717, 1.165) is 11.3 Å². The molecule has 6 nitrogen and oxygen atoms in total. The molecule has 0 aliphatic carbocycles. The summed E-state index contributed by atoms with van der Waals surface area (Å²) >= 11 is 0. The zero-order valence-corrected chi connectivity index (χ0v) is 20.7. The fourth-order valence-corrected chi connectivity index (χ4v) is 5.00. The molecule has 0 unspecified atom stereocenters. The first-order valence-electron chi connectivity index (χ1n) is 12.1. The molecule has 1 aliphatic heterocycles. The summed E-state index contributed by atoms with van der Waals surface area (Å²) in [6.45, 7) is 5.59. The highest BCUT2D eigenvalue weighted by atomic mass is 19.1. The topological polar surface area (TPSA) is 67.2 Å². The quantitative estimate of drug-likeness (QED) is 0.416. The fourth-order valence-electron chi connectivity index (χ4n) is 5.00. The van der Waals surface area contributed by atoms with Gasteiger partial charge in [0, 0.05) is 18.0 Å². The number of hydrogen-bond donors (Lipinski definition) is 1. The van der Waals surface area contributed by atoms with Gasteiger partial charge in [0.05, 0.1) is 16.9 Å². The molecule has 37 heavy (non-hydrogen) atoms. The molecule has 3 aromatic carbocycles. The summed E-state index contributed by atoms with van der Waals surface area (Å²) in [5, 5.41) is 7.56. The van der Waals surface area contributed by atoms with Gasteiger partial charge in [-0.15, -0.1) is 0 Å². The molecule has 0 spiro atoms. The van der Waals surface area contributed by atoms with E-state index in [2.05, 4.69) is 5.32 Å². The molecule has 0 fully saturated rings. The number of aryl methyl sites for hydroxylation is 2. The summed E-state index contributed by atoms with van der Waals surface area (Å²) in [6.07, 6.45) is 0. The lowest BCUT2D eigenvalue weighted by molar-refractivity contribution is -0.121. The molecule has 0 saturated carbocycles. The van der Waals surface area contributed by atoms with Gasteiger partial charge in [-0.1, -0.05) is 42.5 Å². The van der Waals surface area contributed by atoms with Gasteiger partial charge in [-0.05, 0) is 62.2 Å². The van der Waals surface area contributed by atoms with Crippen LogP contribution in [0.15, 0.2) is 72.8 Å². The molecule has 0 radical (unpaired) electrons. The molecule has 8 heteroatoms. The van der Waals surface area contributed by atoms with E-state index in [1.165, 1.54) is 18.2 Å². The maximum absolute atomic E-state index is 14.8. The third-order valence-electron chi connectivity index (χ3n) is 6.78. The molecular formula is C29H26F2N4O2. The average molecular weight is 501 g/mol. The SMILES string of the molecule is CCN1C(=O)[C@@H](NC(=O)c2cccc(C)c2F)[C@@H](c2ccc(F)cc2)c2c(C)nn(-c3ccccc3)c21. The lowest BCUT2D eigenvalue weighted by Gasteiger charge is -2.38. The van der Waals surface area contributed by atoms with Gasteiger partial charge in [0.1, 0.15) is 23.5 Å². The number of nitrogens with one attached hydrogen (secondary N) is 1. The van der Waals surface area contributed by atoms with E-state index in [9.17, 15) is 18.4 Å². The Morgan fingerprint density at radius 3 is 2.35 bits per heavy atom. The molecule has 1 aliphatic rings. The van der Waals surface area contributed by atoms with Crippen LogP contribution in [0.1, 0.15) is 45.6 Å². The van der Waals surface area contributed by atoms with Crippen molar-refractivity contribution in [3.63, 3.8) is 0 Å². The largest absolute Gasteiger partial charge is 0.339 e. The van der Waals surface area contributed by atoms with Crippen LogP contribution in [0.3, 0.4) is 0 Å². The number of nitrogens with zero attached hydrogens (tertiary/aromatic N) is 3. The number of benzene rings is 3.